The molecule has 2 aromatic rings. The third kappa shape index (κ3) is 4.22. The first-order chi connectivity index (χ1) is 12.7. The maximum atomic E-state index is 13.3. The molecule has 0 spiro atoms. The van der Waals surface area contributed by atoms with Crippen LogP contribution in [-0.2, 0) is 10.0 Å². The molecular formula is C17H14Cl3FN2O3S. The summed E-state index contributed by atoms with van der Waals surface area (Å²) >= 11 is 17.5. The van der Waals surface area contributed by atoms with Gasteiger partial charge in [-0.2, -0.15) is 4.31 Å². The molecule has 0 radical (unpaired) electrons. The average molecular weight is 452 g/mol. The summed E-state index contributed by atoms with van der Waals surface area (Å²) in [6, 6.07) is 7.86. The molecule has 10 heteroatoms. The SMILES string of the molecule is O=C(c1ccc(Cl)c(Cl)c1)N1CCN(S(=O)(=O)c2ccc(F)c(Cl)c2)CC1. The van der Waals surface area contributed by atoms with Crippen LogP contribution in [0.5, 0.6) is 0 Å². The summed E-state index contributed by atoms with van der Waals surface area (Å²) < 4.78 is 39.9. The van der Waals surface area contributed by atoms with Crippen LogP contribution in [0, 0.1) is 5.82 Å². The highest BCUT2D eigenvalue weighted by Crippen LogP contribution is 2.25. The van der Waals surface area contributed by atoms with Gasteiger partial charge in [-0.3, -0.25) is 4.79 Å². The normalized spacial score (nSPS) is 15.8. The summed E-state index contributed by atoms with van der Waals surface area (Å²) in [5, 5.41) is 0.364. The van der Waals surface area contributed by atoms with Gasteiger partial charge in [0.2, 0.25) is 10.0 Å². The molecule has 1 heterocycles. The second-order valence-electron chi connectivity index (χ2n) is 5.90. The van der Waals surface area contributed by atoms with E-state index in [9.17, 15) is 17.6 Å². The van der Waals surface area contributed by atoms with E-state index in [1.54, 1.807) is 11.0 Å². The molecule has 0 unspecified atom stereocenters. The Bertz CT molecular complexity index is 993. The molecule has 0 N–H and O–H groups in total. The van der Waals surface area contributed by atoms with Gasteiger partial charge in [0.25, 0.3) is 5.91 Å². The quantitative estimate of drug-likeness (QED) is 0.710. The molecular weight excluding hydrogens is 438 g/mol. The second-order valence-corrected chi connectivity index (χ2v) is 9.06. The van der Waals surface area contributed by atoms with Gasteiger partial charge in [-0.05, 0) is 36.4 Å². The van der Waals surface area contributed by atoms with Gasteiger partial charge in [0.1, 0.15) is 5.82 Å². The number of sulfonamides is 1. The van der Waals surface area contributed by atoms with E-state index in [1.165, 1.54) is 22.5 Å². The molecule has 144 valence electrons. The van der Waals surface area contributed by atoms with E-state index in [4.69, 9.17) is 34.8 Å². The first-order valence-electron chi connectivity index (χ1n) is 7.89. The van der Waals surface area contributed by atoms with Crippen LogP contribution in [0.15, 0.2) is 41.3 Å². The largest absolute Gasteiger partial charge is 0.336 e. The molecule has 0 bridgehead atoms. The van der Waals surface area contributed by atoms with Crippen LogP contribution >= 0.6 is 34.8 Å². The molecule has 0 saturated carbocycles. The Morgan fingerprint density at radius 1 is 0.889 bits per heavy atom. The van der Waals surface area contributed by atoms with Gasteiger partial charge in [0.15, 0.2) is 0 Å². The third-order valence-electron chi connectivity index (χ3n) is 4.22. The number of piperazine rings is 1. The maximum absolute atomic E-state index is 13.3. The van der Waals surface area contributed by atoms with Gasteiger partial charge >= 0.3 is 0 Å². The highest BCUT2D eigenvalue weighted by atomic mass is 35.5. The highest BCUT2D eigenvalue weighted by Gasteiger charge is 2.31. The smallest absolute Gasteiger partial charge is 0.253 e. The van der Waals surface area contributed by atoms with Crippen LogP contribution in [0.3, 0.4) is 0 Å². The van der Waals surface area contributed by atoms with Gasteiger partial charge < -0.3 is 4.90 Å². The molecule has 0 atom stereocenters. The van der Waals surface area contributed by atoms with Crippen molar-refractivity contribution in [2.45, 2.75) is 4.90 Å². The van der Waals surface area contributed by atoms with Gasteiger partial charge in [0.05, 0.1) is 20.0 Å². The van der Waals surface area contributed by atoms with Gasteiger partial charge in [0, 0.05) is 31.7 Å². The monoisotopic (exact) mass is 450 g/mol. The molecule has 0 aromatic heterocycles. The summed E-state index contributed by atoms with van der Waals surface area (Å²) in [5.41, 5.74) is 0.381. The first-order valence-corrected chi connectivity index (χ1v) is 10.5. The Balaban J connectivity index is 1.71. The Labute approximate surface area is 171 Å². The van der Waals surface area contributed by atoms with Crippen LogP contribution in [0.2, 0.25) is 15.1 Å². The maximum Gasteiger partial charge on any atom is 0.253 e. The summed E-state index contributed by atoms with van der Waals surface area (Å²) in [4.78, 5) is 14.0. The lowest BCUT2D eigenvalue weighted by molar-refractivity contribution is 0.0698. The van der Waals surface area contributed by atoms with Crippen molar-refractivity contribution in [1.29, 1.82) is 0 Å². The van der Waals surface area contributed by atoms with Crippen molar-refractivity contribution in [3.63, 3.8) is 0 Å². The fourth-order valence-corrected chi connectivity index (χ4v) is 4.72. The minimum atomic E-state index is -3.82. The van der Waals surface area contributed by atoms with Crippen LogP contribution in [0.25, 0.3) is 0 Å². The zero-order chi connectivity index (χ0) is 19.8. The molecule has 1 aliphatic heterocycles. The van der Waals surface area contributed by atoms with Crippen LogP contribution in [0.4, 0.5) is 4.39 Å². The number of hydrogen-bond acceptors (Lipinski definition) is 3. The van der Waals surface area contributed by atoms with Gasteiger partial charge in [-0.25, -0.2) is 12.8 Å². The standard InChI is InChI=1S/C17H14Cl3FN2O3S/c18-13-3-1-11(9-14(13)19)17(24)22-5-7-23(8-6-22)27(25,26)12-2-4-16(21)15(20)10-12/h1-4,9-10H,5-8H2. The Hall–Kier alpha value is -1.38. The van der Waals surface area contributed by atoms with Crippen LogP contribution < -0.4 is 0 Å². The molecule has 1 fully saturated rings. The Kier molecular flexibility index (Phi) is 5.98. The van der Waals surface area contributed by atoms with Crippen molar-refractivity contribution in [1.82, 2.24) is 9.21 Å². The van der Waals surface area contributed by atoms with E-state index < -0.39 is 15.8 Å². The molecule has 0 aliphatic carbocycles. The van der Waals surface area contributed by atoms with E-state index >= 15 is 0 Å². The van der Waals surface area contributed by atoms with E-state index in [0.29, 0.717) is 10.6 Å². The summed E-state index contributed by atoms with van der Waals surface area (Å²) in [6.45, 7) is 0.662. The molecule has 1 saturated heterocycles. The van der Waals surface area contributed by atoms with E-state index in [0.717, 1.165) is 12.1 Å². The number of amides is 1. The number of halogens is 4. The van der Waals surface area contributed by atoms with E-state index in [1.807, 2.05) is 0 Å². The van der Waals surface area contributed by atoms with Crippen molar-refractivity contribution in [3.05, 3.63) is 62.8 Å². The number of hydrogen-bond donors (Lipinski definition) is 0. The fourth-order valence-electron chi connectivity index (χ4n) is 2.73. The lowest BCUT2D eigenvalue weighted by atomic mass is 10.2. The topological polar surface area (TPSA) is 57.7 Å². The van der Waals surface area contributed by atoms with Crippen molar-refractivity contribution in [2.75, 3.05) is 26.2 Å². The number of carbonyl (C=O) groups is 1. The summed E-state index contributed by atoms with van der Waals surface area (Å²) in [6.07, 6.45) is 0. The zero-order valence-electron chi connectivity index (χ0n) is 13.8. The molecule has 1 amide bonds. The van der Waals surface area contributed by atoms with Crippen molar-refractivity contribution in [3.8, 4) is 0 Å². The minimum Gasteiger partial charge on any atom is -0.336 e. The minimum absolute atomic E-state index is 0.0850. The third-order valence-corrected chi connectivity index (χ3v) is 7.14. The van der Waals surface area contributed by atoms with Crippen molar-refractivity contribution in [2.24, 2.45) is 0 Å². The zero-order valence-corrected chi connectivity index (χ0v) is 16.9. The summed E-state index contributed by atoms with van der Waals surface area (Å²) in [5.74, 6) is -0.942. The Morgan fingerprint density at radius 3 is 2.15 bits per heavy atom. The lowest BCUT2D eigenvalue weighted by Crippen LogP contribution is -2.50. The van der Waals surface area contributed by atoms with Crippen molar-refractivity contribution < 1.29 is 17.6 Å². The molecule has 5 nitrogen and oxygen atoms in total. The number of benzene rings is 2. The number of rotatable bonds is 3. The number of carbonyl (C=O) groups excluding carboxylic acids is 1. The fraction of sp³-hybridized carbons (Fsp3) is 0.235. The van der Waals surface area contributed by atoms with Crippen LogP contribution in [-0.4, -0.2) is 49.7 Å². The highest BCUT2D eigenvalue weighted by molar-refractivity contribution is 7.89. The first kappa shape index (κ1) is 20.4. The van der Waals surface area contributed by atoms with Gasteiger partial charge in [-0.1, -0.05) is 34.8 Å². The summed E-state index contributed by atoms with van der Waals surface area (Å²) in [7, 11) is -3.82. The molecule has 3 rings (SSSR count). The van der Waals surface area contributed by atoms with Crippen LogP contribution in [0.1, 0.15) is 10.4 Å². The molecule has 1 aliphatic rings. The van der Waals surface area contributed by atoms with Gasteiger partial charge in [-0.15, -0.1) is 0 Å². The Morgan fingerprint density at radius 2 is 1.56 bits per heavy atom. The van der Waals surface area contributed by atoms with E-state index in [2.05, 4.69) is 0 Å². The van der Waals surface area contributed by atoms with E-state index in [-0.39, 0.29) is 47.0 Å². The average Bonchev–Trinajstić information content (AvgIpc) is 2.65. The molecule has 2 aromatic carbocycles. The predicted molar refractivity (Wildman–Crippen MR) is 103 cm³/mol. The molecule has 27 heavy (non-hydrogen) atoms. The second kappa shape index (κ2) is 7.93. The van der Waals surface area contributed by atoms with Crippen molar-refractivity contribution >= 4 is 50.7 Å². The predicted octanol–water partition coefficient (Wildman–Crippen LogP) is 3.93. The number of nitrogens with zero attached hydrogens (tertiary/aromatic N) is 2. The lowest BCUT2D eigenvalue weighted by Gasteiger charge is -2.34.